The molecule has 0 radical (unpaired) electrons. The van der Waals surface area contributed by atoms with Crippen LogP contribution in [0.1, 0.15) is 12.8 Å². The molecule has 0 amide bonds. The van der Waals surface area contributed by atoms with E-state index in [1.54, 1.807) is 23.1 Å². The molecule has 20 heavy (non-hydrogen) atoms. The summed E-state index contributed by atoms with van der Waals surface area (Å²) in [7, 11) is -1.81. The Labute approximate surface area is 116 Å². The van der Waals surface area contributed by atoms with Gasteiger partial charge in [0.2, 0.25) is 15.7 Å². The average Bonchev–Trinajstić information content (AvgIpc) is 3.06. The number of fused-ring (bicyclic) bond motifs is 1. The Kier molecular flexibility index (Phi) is 3.30. The van der Waals surface area contributed by atoms with Crippen LogP contribution in [0.5, 0.6) is 0 Å². The van der Waals surface area contributed by atoms with Crippen LogP contribution in [0, 0.1) is 0 Å². The maximum atomic E-state index is 11.8. The highest BCUT2D eigenvalue weighted by atomic mass is 32.2. The Morgan fingerprint density at radius 3 is 3.15 bits per heavy atom. The van der Waals surface area contributed by atoms with Crippen molar-refractivity contribution in [3.63, 3.8) is 0 Å². The van der Waals surface area contributed by atoms with Gasteiger partial charge < -0.3 is 4.90 Å². The first-order valence-corrected chi connectivity index (χ1v) is 8.08. The lowest BCUT2D eigenvalue weighted by atomic mass is 10.2. The minimum absolute atomic E-state index is 0.0698. The maximum absolute atomic E-state index is 11.8. The van der Waals surface area contributed by atoms with Crippen molar-refractivity contribution in [3.05, 3.63) is 18.7 Å². The minimum atomic E-state index is -3.25. The van der Waals surface area contributed by atoms with Gasteiger partial charge in [-0.25, -0.2) is 18.1 Å². The Balaban J connectivity index is 1.94. The molecular weight excluding hydrogens is 280 g/mol. The lowest BCUT2D eigenvalue weighted by Crippen LogP contribution is -2.39. The number of nitrogens with one attached hydrogen (secondary N) is 1. The molecule has 3 heterocycles. The van der Waals surface area contributed by atoms with E-state index in [1.807, 2.05) is 4.90 Å². The topological polar surface area (TPSA) is 92.5 Å². The summed E-state index contributed by atoms with van der Waals surface area (Å²) in [4.78, 5) is 6.37. The lowest BCUT2D eigenvalue weighted by Gasteiger charge is -2.25. The molecule has 1 aliphatic rings. The van der Waals surface area contributed by atoms with Crippen molar-refractivity contribution in [2.45, 2.75) is 18.9 Å². The first-order chi connectivity index (χ1) is 9.61. The van der Waals surface area contributed by atoms with Crippen LogP contribution in [0.4, 0.5) is 5.82 Å². The summed E-state index contributed by atoms with van der Waals surface area (Å²) < 4.78 is 27.7. The number of hydrogen-bond donors (Lipinski definition) is 1. The van der Waals surface area contributed by atoms with Crippen molar-refractivity contribution in [3.8, 4) is 0 Å². The standard InChI is InChI=1S/C11H16N6O2S/c1-12-20(18,19)7-9-3-2-5-17(9)10-11-15-14-8-16(11)6-4-13-10/h4,6,8-9,12H,2-3,5,7H2,1H3. The smallest absolute Gasteiger partial charge is 0.213 e. The quantitative estimate of drug-likeness (QED) is 0.828. The molecule has 1 fully saturated rings. The second-order valence-electron chi connectivity index (χ2n) is 4.79. The Hall–Kier alpha value is -1.74. The average molecular weight is 296 g/mol. The number of sulfonamides is 1. The van der Waals surface area contributed by atoms with Crippen LogP contribution < -0.4 is 9.62 Å². The van der Waals surface area contributed by atoms with Gasteiger partial charge in [-0.3, -0.25) is 4.40 Å². The third-order valence-electron chi connectivity index (χ3n) is 3.57. The molecule has 2 aromatic rings. The van der Waals surface area contributed by atoms with Gasteiger partial charge in [-0.2, -0.15) is 0 Å². The van der Waals surface area contributed by atoms with Crippen LogP contribution in [-0.4, -0.2) is 53.4 Å². The van der Waals surface area contributed by atoms with Crippen LogP contribution in [0.15, 0.2) is 18.7 Å². The van der Waals surface area contributed by atoms with Crippen LogP contribution in [0.2, 0.25) is 0 Å². The molecular formula is C11H16N6O2S. The van der Waals surface area contributed by atoms with E-state index in [0.29, 0.717) is 11.5 Å². The molecule has 3 rings (SSSR count). The normalized spacial score (nSPS) is 19.9. The predicted molar refractivity (Wildman–Crippen MR) is 74.0 cm³/mol. The zero-order chi connectivity index (χ0) is 14.2. The van der Waals surface area contributed by atoms with E-state index in [4.69, 9.17) is 0 Å². The minimum Gasteiger partial charge on any atom is -0.349 e. The SMILES string of the molecule is CNS(=O)(=O)CC1CCCN1c1nccn2cnnc12. The zero-order valence-corrected chi connectivity index (χ0v) is 11.9. The van der Waals surface area contributed by atoms with Gasteiger partial charge in [-0.05, 0) is 19.9 Å². The first kappa shape index (κ1) is 13.3. The van der Waals surface area contributed by atoms with Crippen molar-refractivity contribution in [2.75, 3.05) is 24.2 Å². The molecule has 0 bridgehead atoms. The largest absolute Gasteiger partial charge is 0.349 e. The summed E-state index contributed by atoms with van der Waals surface area (Å²) in [5.41, 5.74) is 0.654. The van der Waals surface area contributed by atoms with Gasteiger partial charge in [-0.1, -0.05) is 0 Å². The van der Waals surface area contributed by atoms with E-state index in [1.165, 1.54) is 7.05 Å². The van der Waals surface area contributed by atoms with Crippen molar-refractivity contribution in [1.82, 2.24) is 24.3 Å². The third-order valence-corrected chi connectivity index (χ3v) is 5.01. The lowest BCUT2D eigenvalue weighted by molar-refractivity contribution is 0.577. The van der Waals surface area contributed by atoms with E-state index in [9.17, 15) is 8.42 Å². The monoisotopic (exact) mass is 296 g/mol. The summed E-state index contributed by atoms with van der Waals surface area (Å²) in [6.07, 6.45) is 6.83. The van der Waals surface area contributed by atoms with Crippen LogP contribution in [0.25, 0.3) is 5.65 Å². The molecule has 2 aromatic heterocycles. The van der Waals surface area contributed by atoms with Gasteiger partial charge in [0.15, 0.2) is 5.82 Å². The number of rotatable bonds is 4. The number of nitrogens with zero attached hydrogens (tertiary/aromatic N) is 5. The maximum Gasteiger partial charge on any atom is 0.213 e. The van der Waals surface area contributed by atoms with Crippen molar-refractivity contribution < 1.29 is 8.42 Å². The first-order valence-electron chi connectivity index (χ1n) is 6.43. The molecule has 9 heteroatoms. The Morgan fingerprint density at radius 2 is 2.35 bits per heavy atom. The number of aromatic nitrogens is 4. The molecule has 1 unspecified atom stereocenters. The number of hydrogen-bond acceptors (Lipinski definition) is 6. The summed E-state index contributed by atoms with van der Waals surface area (Å²) in [5, 5.41) is 7.92. The molecule has 108 valence electrons. The van der Waals surface area contributed by atoms with Crippen LogP contribution in [0.3, 0.4) is 0 Å². The number of anilines is 1. The van der Waals surface area contributed by atoms with E-state index < -0.39 is 10.0 Å². The van der Waals surface area contributed by atoms with Crippen molar-refractivity contribution >= 4 is 21.5 Å². The fraction of sp³-hybridized carbons (Fsp3) is 0.545. The molecule has 8 nitrogen and oxygen atoms in total. The fourth-order valence-corrected chi connectivity index (χ4v) is 3.59. The van der Waals surface area contributed by atoms with Gasteiger partial charge in [-0.15, -0.1) is 10.2 Å². The Morgan fingerprint density at radius 1 is 1.50 bits per heavy atom. The fourth-order valence-electron chi connectivity index (χ4n) is 2.57. The molecule has 1 atom stereocenters. The van der Waals surface area contributed by atoms with E-state index >= 15 is 0 Å². The molecule has 0 aliphatic carbocycles. The highest BCUT2D eigenvalue weighted by molar-refractivity contribution is 7.89. The van der Waals surface area contributed by atoms with Crippen molar-refractivity contribution in [1.29, 1.82) is 0 Å². The Bertz CT molecular complexity index is 713. The van der Waals surface area contributed by atoms with Gasteiger partial charge in [0.25, 0.3) is 0 Å². The van der Waals surface area contributed by atoms with E-state index in [0.717, 1.165) is 19.4 Å². The summed E-state index contributed by atoms with van der Waals surface area (Å²) in [6, 6.07) is -0.0807. The van der Waals surface area contributed by atoms with E-state index in [2.05, 4.69) is 19.9 Å². The molecule has 1 aliphatic heterocycles. The summed E-state index contributed by atoms with van der Waals surface area (Å²) in [6.45, 7) is 0.781. The second kappa shape index (κ2) is 4.98. The molecule has 0 spiro atoms. The van der Waals surface area contributed by atoms with Gasteiger partial charge in [0, 0.05) is 25.0 Å². The van der Waals surface area contributed by atoms with Crippen LogP contribution in [-0.2, 0) is 10.0 Å². The van der Waals surface area contributed by atoms with Crippen molar-refractivity contribution in [2.24, 2.45) is 0 Å². The highest BCUT2D eigenvalue weighted by Crippen LogP contribution is 2.26. The second-order valence-corrected chi connectivity index (χ2v) is 6.76. The summed E-state index contributed by atoms with van der Waals surface area (Å²) >= 11 is 0. The molecule has 0 saturated carbocycles. The third kappa shape index (κ3) is 2.34. The molecule has 0 aromatic carbocycles. The van der Waals surface area contributed by atoms with Gasteiger partial charge in [0.05, 0.1) is 5.75 Å². The van der Waals surface area contributed by atoms with Crippen LogP contribution >= 0.6 is 0 Å². The summed E-state index contributed by atoms with van der Waals surface area (Å²) in [5.74, 6) is 0.763. The molecule has 1 saturated heterocycles. The van der Waals surface area contributed by atoms with Gasteiger partial charge in [0.1, 0.15) is 6.33 Å². The van der Waals surface area contributed by atoms with E-state index in [-0.39, 0.29) is 11.8 Å². The predicted octanol–water partition coefficient (Wildman–Crippen LogP) is -0.358. The molecule has 1 N–H and O–H groups in total. The highest BCUT2D eigenvalue weighted by Gasteiger charge is 2.31. The zero-order valence-electron chi connectivity index (χ0n) is 11.1. The van der Waals surface area contributed by atoms with Gasteiger partial charge >= 0.3 is 0 Å².